The number of pyridine rings is 2. The van der Waals surface area contributed by atoms with Crippen LogP contribution in [-0.2, 0) is 0 Å². The highest BCUT2D eigenvalue weighted by Crippen LogP contribution is 2.20. The number of nitrogens with one attached hydrogen (secondary N) is 1. The Bertz CT molecular complexity index is 538. The fraction of sp³-hybridized carbons (Fsp3) is 0.200. The number of aliphatic hydroxyl groups is 1. The minimum absolute atomic E-state index is 0.159. The van der Waals surface area contributed by atoms with E-state index < -0.39 is 6.10 Å². The number of fused-ring (bicyclic) bond motifs is 1. The zero-order valence-electron chi connectivity index (χ0n) is 7.77. The van der Waals surface area contributed by atoms with Crippen molar-refractivity contribution >= 4 is 26.8 Å². The van der Waals surface area contributed by atoms with E-state index in [1.165, 1.54) is 6.07 Å². The van der Waals surface area contributed by atoms with Crippen molar-refractivity contribution in [3.05, 3.63) is 40.4 Å². The molecular weight excluding hydrogens is 260 g/mol. The fourth-order valence-electron chi connectivity index (χ4n) is 1.45. The topological polar surface area (TPSA) is 66.0 Å². The zero-order valence-corrected chi connectivity index (χ0v) is 9.36. The Balaban J connectivity index is 2.71. The van der Waals surface area contributed by atoms with Crippen molar-refractivity contribution < 1.29 is 5.11 Å². The van der Waals surface area contributed by atoms with Crippen molar-refractivity contribution in [3.63, 3.8) is 0 Å². The molecule has 0 spiro atoms. The molecule has 5 heteroatoms. The maximum Gasteiger partial charge on any atom is 0.248 e. The van der Waals surface area contributed by atoms with Crippen LogP contribution in [0.4, 0.5) is 0 Å². The third-order valence-electron chi connectivity index (χ3n) is 2.14. The molecule has 0 aliphatic carbocycles. The van der Waals surface area contributed by atoms with Gasteiger partial charge in [-0.2, -0.15) is 0 Å². The number of rotatable bonds is 2. The zero-order chi connectivity index (χ0) is 10.8. The molecule has 2 N–H and O–H groups in total. The van der Waals surface area contributed by atoms with Gasteiger partial charge in [0.25, 0.3) is 0 Å². The van der Waals surface area contributed by atoms with Crippen molar-refractivity contribution in [2.45, 2.75) is 6.10 Å². The Morgan fingerprint density at radius 1 is 1.47 bits per heavy atom. The second-order valence-electron chi connectivity index (χ2n) is 3.15. The van der Waals surface area contributed by atoms with E-state index in [1.807, 2.05) is 0 Å². The highest BCUT2D eigenvalue weighted by Gasteiger charge is 2.11. The summed E-state index contributed by atoms with van der Waals surface area (Å²) >= 11 is 3.19. The Kier molecular flexibility index (Phi) is 2.83. The lowest BCUT2D eigenvalue weighted by Crippen LogP contribution is -2.07. The summed E-state index contributed by atoms with van der Waals surface area (Å²) in [7, 11) is 0. The first-order valence-corrected chi connectivity index (χ1v) is 5.56. The molecule has 0 aromatic carbocycles. The molecule has 15 heavy (non-hydrogen) atoms. The quantitative estimate of drug-likeness (QED) is 0.809. The average Bonchev–Trinajstić information content (AvgIpc) is 2.26. The second-order valence-corrected chi connectivity index (χ2v) is 3.80. The van der Waals surface area contributed by atoms with Crippen molar-refractivity contribution in [2.75, 3.05) is 5.33 Å². The van der Waals surface area contributed by atoms with Crippen LogP contribution in [0.3, 0.4) is 0 Å². The monoisotopic (exact) mass is 268 g/mol. The van der Waals surface area contributed by atoms with Gasteiger partial charge in [-0.15, -0.1) is 0 Å². The van der Waals surface area contributed by atoms with Gasteiger partial charge >= 0.3 is 0 Å². The number of aromatic nitrogens is 2. The third-order valence-corrected chi connectivity index (χ3v) is 2.76. The minimum atomic E-state index is -0.667. The Morgan fingerprint density at radius 3 is 3.00 bits per heavy atom. The first kappa shape index (κ1) is 10.3. The van der Waals surface area contributed by atoms with Gasteiger partial charge in [-0.1, -0.05) is 15.9 Å². The van der Waals surface area contributed by atoms with Crippen molar-refractivity contribution in [3.8, 4) is 0 Å². The summed E-state index contributed by atoms with van der Waals surface area (Å²) in [4.78, 5) is 17.9. The molecule has 0 amide bonds. The first-order valence-electron chi connectivity index (χ1n) is 4.44. The lowest BCUT2D eigenvalue weighted by atomic mass is 10.1. The first-order chi connectivity index (χ1) is 7.22. The summed E-state index contributed by atoms with van der Waals surface area (Å²) in [5.41, 5.74) is 1.10. The molecule has 0 bridgehead atoms. The van der Waals surface area contributed by atoms with Gasteiger partial charge in [0.1, 0.15) is 6.10 Å². The maximum absolute atomic E-state index is 11.1. The molecule has 0 unspecified atom stereocenters. The van der Waals surface area contributed by atoms with Gasteiger partial charge in [0.05, 0.1) is 11.2 Å². The molecule has 2 heterocycles. The molecule has 0 saturated carbocycles. The summed E-state index contributed by atoms with van der Waals surface area (Å²) in [6.07, 6.45) is 0.902. The number of aromatic amines is 1. The summed E-state index contributed by atoms with van der Waals surface area (Å²) in [6.45, 7) is 0. The van der Waals surface area contributed by atoms with Gasteiger partial charge in [-0.05, 0) is 12.1 Å². The number of nitrogens with zero attached hydrogens (tertiary/aromatic N) is 1. The molecule has 1 atom stereocenters. The van der Waals surface area contributed by atoms with E-state index in [0.29, 0.717) is 16.5 Å². The van der Waals surface area contributed by atoms with Crippen LogP contribution >= 0.6 is 15.9 Å². The Labute approximate surface area is 94.1 Å². The normalized spacial score (nSPS) is 12.9. The van der Waals surface area contributed by atoms with Crippen LogP contribution in [0.2, 0.25) is 0 Å². The van der Waals surface area contributed by atoms with E-state index in [1.54, 1.807) is 18.3 Å². The lowest BCUT2D eigenvalue weighted by molar-refractivity contribution is 0.202. The number of halogens is 1. The molecule has 0 fully saturated rings. The number of H-pyrrole nitrogens is 1. The molecule has 0 radical (unpaired) electrons. The van der Waals surface area contributed by atoms with Crippen LogP contribution in [-0.4, -0.2) is 20.4 Å². The number of alkyl halides is 1. The van der Waals surface area contributed by atoms with E-state index >= 15 is 0 Å². The van der Waals surface area contributed by atoms with E-state index in [9.17, 15) is 9.90 Å². The van der Waals surface area contributed by atoms with Crippen LogP contribution in [0.25, 0.3) is 10.9 Å². The Hall–Kier alpha value is -1.20. The molecular formula is C10H9BrN2O2. The van der Waals surface area contributed by atoms with E-state index in [4.69, 9.17) is 0 Å². The van der Waals surface area contributed by atoms with E-state index in [-0.39, 0.29) is 5.56 Å². The van der Waals surface area contributed by atoms with Crippen molar-refractivity contribution in [1.82, 2.24) is 9.97 Å². The van der Waals surface area contributed by atoms with Gasteiger partial charge in [0, 0.05) is 23.0 Å². The predicted octanol–water partition coefficient (Wildman–Crippen LogP) is 1.35. The van der Waals surface area contributed by atoms with Crippen molar-refractivity contribution in [2.24, 2.45) is 0 Å². The fourth-order valence-corrected chi connectivity index (χ4v) is 1.75. The van der Waals surface area contributed by atoms with Crippen LogP contribution < -0.4 is 5.56 Å². The van der Waals surface area contributed by atoms with Crippen LogP contribution in [0, 0.1) is 0 Å². The third kappa shape index (κ3) is 1.93. The SMILES string of the molecule is O=c1ccc2c([C@@H](O)CBr)nccc2[nH]1. The molecule has 78 valence electrons. The molecule has 4 nitrogen and oxygen atoms in total. The van der Waals surface area contributed by atoms with E-state index in [2.05, 4.69) is 25.9 Å². The summed E-state index contributed by atoms with van der Waals surface area (Å²) in [5.74, 6) is 0. The summed E-state index contributed by atoms with van der Waals surface area (Å²) < 4.78 is 0. The highest BCUT2D eigenvalue weighted by atomic mass is 79.9. The standard InChI is InChI=1S/C10H9BrN2O2/c11-5-8(14)10-6-1-2-9(15)13-7(6)3-4-12-10/h1-4,8,14H,5H2,(H,13,15)/t8-/m0/s1. The highest BCUT2D eigenvalue weighted by molar-refractivity contribution is 9.09. The van der Waals surface area contributed by atoms with Crippen molar-refractivity contribution in [1.29, 1.82) is 0 Å². The molecule has 2 aromatic heterocycles. The number of hydrogen-bond donors (Lipinski definition) is 2. The summed E-state index contributed by atoms with van der Waals surface area (Å²) in [6, 6.07) is 4.80. The van der Waals surface area contributed by atoms with E-state index in [0.717, 1.165) is 5.39 Å². The maximum atomic E-state index is 11.1. The summed E-state index contributed by atoms with van der Waals surface area (Å²) in [5, 5.41) is 10.9. The molecule has 0 saturated heterocycles. The molecule has 2 aromatic rings. The Morgan fingerprint density at radius 2 is 2.27 bits per heavy atom. The van der Waals surface area contributed by atoms with Gasteiger partial charge in [0.15, 0.2) is 0 Å². The number of hydrogen-bond acceptors (Lipinski definition) is 3. The number of aliphatic hydroxyl groups excluding tert-OH is 1. The molecule has 0 aliphatic heterocycles. The smallest absolute Gasteiger partial charge is 0.248 e. The van der Waals surface area contributed by atoms with Gasteiger partial charge in [-0.3, -0.25) is 9.78 Å². The lowest BCUT2D eigenvalue weighted by Gasteiger charge is -2.08. The van der Waals surface area contributed by atoms with Crippen LogP contribution in [0.15, 0.2) is 29.2 Å². The molecule has 2 rings (SSSR count). The molecule has 0 aliphatic rings. The largest absolute Gasteiger partial charge is 0.386 e. The minimum Gasteiger partial charge on any atom is -0.386 e. The average molecular weight is 269 g/mol. The van der Waals surface area contributed by atoms with Crippen LogP contribution in [0.1, 0.15) is 11.8 Å². The van der Waals surface area contributed by atoms with Gasteiger partial charge in [-0.25, -0.2) is 0 Å². The van der Waals surface area contributed by atoms with Gasteiger partial charge in [0.2, 0.25) is 5.56 Å². The second kappa shape index (κ2) is 4.12. The van der Waals surface area contributed by atoms with Gasteiger partial charge < -0.3 is 10.1 Å². The van der Waals surface area contributed by atoms with Crippen LogP contribution in [0.5, 0.6) is 0 Å². The predicted molar refractivity (Wildman–Crippen MR) is 61.1 cm³/mol.